The summed E-state index contributed by atoms with van der Waals surface area (Å²) >= 11 is 0. The van der Waals surface area contributed by atoms with E-state index in [1.54, 1.807) is 0 Å². The van der Waals surface area contributed by atoms with E-state index in [0.29, 0.717) is 5.69 Å². The van der Waals surface area contributed by atoms with Gasteiger partial charge in [-0.1, -0.05) is 0 Å². The third-order valence-electron chi connectivity index (χ3n) is 3.68. The first-order chi connectivity index (χ1) is 12.7. The Hall–Kier alpha value is -3.57. The molecule has 3 aromatic rings. The normalized spacial score (nSPS) is 11.9. The SMILES string of the molecule is Nc1ccc2c(O)c(N=Nc3ccc([N+](=O)[O-])cc3)c(S(=O)(=O)O)cc2c1. The number of rotatable bonds is 4. The van der Waals surface area contributed by atoms with Crippen LogP contribution >= 0.6 is 0 Å². The van der Waals surface area contributed by atoms with E-state index in [0.717, 1.165) is 6.07 Å². The quantitative estimate of drug-likeness (QED) is 0.201. The van der Waals surface area contributed by atoms with E-state index in [4.69, 9.17) is 5.73 Å². The lowest BCUT2D eigenvalue weighted by Gasteiger charge is -2.09. The number of phenolic OH excluding ortho intramolecular Hbond substituents is 1. The molecule has 0 bridgehead atoms. The number of nitrogens with two attached hydrogens (primary N) is 1. The summed E-state index contributed by atoms with van der Waals surface area (Å²) in [6.07, 6.45) is 0. The van der Waals surface area contributed by atoms with E-state index >= 15 is 0 Å². The number of non-ortho nitro benzene ring substituents is 1. The van der Waals surface area contributed by atoms with Gasteiger partial charge in [-0.05, 0) is 41.8 Å². The molecule has 0 heterocycles. The van der Waals surface area contributed by atoms with Crippen LogP contribution in [-0.4, -0.2) is 23.0 Å². The van der Waals surface area contributed by atoms with Gasteiger partial charge in [0.15, 0.2) is 5.75 Å². The Morgan fingerprint density at radius 1 is 1.04 bits per heavy atom. The van der Waals surface area contributed by atoms with Crippen LogP contribution in [0.3, 0.4) is 0 Å². The van der Waals surface area contributed by atoms with E-state index in [2.05, 4.69) is 10.2 Å². The first-order valence-electron chi connectivity index (χ1n) is 7.36. The smallest absolute Gasteiger partial charge is 0.296 e. The number of hydrogen-bond donors (Lipinski definition) is 3. The summed E-state index contributed by atoms with van der Waals surface area (Å²) in [7, 11) is -4.73. The van der Waals surface area contributed by atoms with Gasteiger partial charge in [0.05, 0.1) is 10.6 Å². The van der Waals surface area contributed by atoms with Crippen LogP contribution in [0.25, 0.3) is 10.8 Å². The second kappa shape index (κ2) is 6.63. The Labute approximate surface area is 152 Å². The second-order valence-corrected chi connectivity index (χ2v) is 6.89. The molecule has 10 nitrogen and oxygen atoms in total. The maximum absolute atomic E-state index is 11.7. The fourth-order valence-electron chi connectivity index (χ4n) is 2.41. The highest BCUT2D eigenvalue weighted by Gasteiger charge is 2.22. The van der Waals surface area contributed by atoms with Gasteiger partial charge in [-0.15, -0.1) is 5.11 Å². The van der Waals surface area contributed by atoms with Crippen molar-refractivity contribution in [3.63, 3.8) is 0 Å². The molecule has 0 aliphatic rings. The summed E-state index contributed by atoms with van der Waals surface area (Å²) in [6, 6.07) is 10.5. The van der Waals surface area contributed by atoms with Crippen molar-refractivity contribution < 1.29 is 23.0 Å². The van der Waals surface area contributed by atoms with Crippen LogP contribution in [0.5, 0.6) is 5.75 Å². The molecular formula is C16H12N4O6S. The highest BCUT2D eigenvalue weighted by molar-refractivity contribution is 7.86. The molecule has 11 heteroatoms. The first kappa shape index (κ1) is 18.2. The summed E-state index contributed by atoms with van der Waals surface area (Å²) in [5.41, 5.74) is 5.55. The van der Waals surface area contributed by atoms with Crippen molar-refractivity contribution in [2.45, 2.75) is 4.90 Å². The van der Waals surface area contributed by atoms with Crippen LogP contribution in [0.4, 0.5) is 22.7 Å². The summed E-state index contributed by atoms with van der Waals surface area (Å²) in [5, 5.41) is 29.1. The monoisotopic (exact) mass is 388 g/mol. The van der Waals surface area contributed by atoms with Crippen molar-refractivity contribution in [2.75, 3.05) is 5.73 Å². The largest absolute Gasteiger partial charge is 0.505 e. The van der Waals surface area contributed by atoms with Crippen molar-refractivity contribution in [1.82, 2.24) is 0 Å². The van der Waals surface area contributed by atoms with Gasteiger partial charge in [-0.2, -0.15) is 13.5 Å². The molecule has 0 radical (unpaired) electrons. The van der Waals surface area contributed by atoms with E-state index in [-0.39, 0.29) is 22.1 Å². The van der Waals surface area contributed by atoms with Gasteiger partial charge in [-0.3, -0.25) is 14.7 Å². The molecule has 0 fully saturated rings. The number of azo groups is 1. The maximum Gasteiger partial charge on any atom is 0.296 e. The van der Waals surface area contributed by atoms with Gasteiger partial charge < -0.3 is 10.8 Å². The van der Waals surface area contributed by atoms with Crippen LogP contribution < -0.4 is 5.73 Å². The fraction of sp³-hybridized carbons (Fsp3) is 0. The van der Waals surface area contributed by atoms with Gasteiger partial charge in [0.25, 0.3) is 15.8 Å². The van der Waals surface area contributed by atoms with E-state index in [1.807, 2.05) is 0 Å². The van der Waals surface area contributed by atoms with Crippen molar-refractivity contribution in [3.05, 3.63) is 58.6 Å². The van der Waals surface area contributed by atoms with Gasteiger partial charge in [0, 0.05) is 23.2 Å². The Kier molecular flexibility index (Phi) is 4.47. The molecule has 3 aromatic carbocycles. The summed E-state index contributed by atoms with van der Waals surface area (Å²) < 4.78 is 32.9. The Morgan fingerprint density at radius 2 is 1.70 bits per heavy atom. The zero-order valence-corrected chi connectivity index (χ0v) is 14.3. The van der Waals surface area contributed by atoms with Crippen LogP contribution in [0.2, 0.25) is 0 Å². The minimum Gasteiger partial charge on any atom is -0.505 e. The number of nitro groups is 1. The molecule has 0 saturated heterocycles. The summed E-state index contributed by atoms with van der Waals surface area (Å²) in [6.45, 7) is 0. The topological polar surface area (TPSA) is 168 Å². The Bertz CT molecular complexity index is 1190. The van der Waals surface area contributed by atoms with Crippen LogP contribution in [-0.2, 0) is 10.1 Å². The lowest BCUT2D eigenvalue weighted by atomic mass is 10.1. The van der Waals surface area contributed by atoms with E-state index < -0.39 is 31.4 Å². The molecule has 0 amide bonds. The van der Waals surface area contributed by atoms with Crippen LogP contribution in [0.1, 0.15) is 0 Å². The number of hydrogen-bond acceptors (Lipinski definition) is 8. The molecule has 0 aliphatic carbocycles. The number of benzene rings is 3. The molecule has 0 unspecified atom stereocenters. The average Bonchev–Trinajstić information content (AvgIpc) is 2.60. The predicted molar refractivity (Wildman–Crippen MR) is 97.1 cm³/mol. The number of anilines is 1. The minimum absolute atomic E-state index is 0.154. The number of nitrogen functional groups attached to an aromatic ring is 1. The molecule has 138 valence electrons. The zero-order chi connectivity index (χ0) is 19.8. The maximum atomic E-state index is 11.7. The lowest BCUT2D eigenvalue weighted by molar-refractivity contribution is -0.384. The molecule has 4 N–H and O–H groups in total. The molecule has 0 spiro atoms. The number of nitrogens with zero attached hydrogens (tertiary/aromatic N) is 3. The van der Waals surface area contributed by atoms with Crippen LogP contribution in [0.15, 0.2) is 63.7 Å². The Balaban J connectivity index is 2.16. The van der Waals surface area contributed by atoms with Gasteiger partial charge >= 0.3 is 0 Å². The molecule has 0 saturated carbocycles. The first-order valence-corrected chi connectivity index (χ1v) is 8.80. The third kappa shape index (κ3) is 3.68. The molecule has 0 aromatic heterocycles. The lowest BCUT2D eigenvalue weighted by Crippen LogP contribution is -1.99. The van der Waals surface area contributed by atoms with E-state index in [1.165, 1.54) is 42.5 Å². The average molecular weight is 388 g/mol. The van der Waals surface area contributed by atoms with Gasteiger partial charge in [0.2, 0.25) is 0 Å². The molecular weight excluding hydrogens is 376 g/mol. The fourth-order valence-corrected chi connectivity index (χ4v) is 3.07. The minimum atomic E-state index is -4.73. The molecule has 0 atom stereocenters. The van der Waals surface area contributed by atoms with Crippen molar-refractivity contribution in [3.8, 4) is 5.75 Å². The molecule has 27 heavy (non-hydrogen) atoms. The predicted octanol–water partition coefficient (Wildman–Crippen LogP) is 3.70. The Morgan fingerprint density at radius 3 is 2.30 bits per heavy atom. The van der Waals surface area contributed by atoms with Crippen molar-refractivity contribution in [1.29, 1.82) is 0 Å². The summed E-state index contributed by atoms with van der Waals surface area (Å²) in [4.78, 5) is 9.42. The van der Waals surface area contributed by atoms with Crippen LogP contribution in [0, 0.1) is 10.1 Å². The number of nitro benzene ring substituents is 1. The zero-order valence-electron chi connectivity index (χ0n) is 13.5. The van der Waals surface area contributed by atoms with E-state index in [9.17, 15) is 28.2 Å². The highest BCUT2D eigenvalue weighted by Crippen LogP contribution is 2.41. The van der Waals surface area contributed by atoms with Crippen molar-refractivity contribution in [2.24, 2.45) is 10.2 Å². The van der Waals surface area contributed by atoms with Gasteiger partial charge in [-0.25, -0.2) is 0 Å². The third-order valence-corrected chi connectivity index (χ3v) is 4.55. The number of phenols is 1. The number of fused-ring (bicyclic) bond motifs is 1. The highest BCUT2D eigenvalue weighted by atomic mass is 32.2. The second-order valence-electron chi connectivity index (χ2n) is 5.50. The summed E-state index contributed by atoms with van der Waals surface area (Å²) in [5.74, 6) is -0.509. The molecule has 0 aliphatic heterocycles. The standard InChI is InChI=1S/C16H12N4O6S/c17-10-1-6-13-9(7-10)8-14(27(24,25)26)15(16(13)21)19-18-11-2-4-12(5-3-11)20(22)23/h1-8,21H,17H2,(H,24,25,26). The van der Waals surface area contributed by atoms with Crippen molar-refractivity contribution >= 4 is 43.6 Å². The van der Waals surface area contributed by atoms with Gasteiger partial charge in [0.1, 0.15) is 10.6 Å². The number of aromatic hydroxyl groups is 1. The molecule has 3 rings (SSSR count).